The van der Waals surface area contributed by atoms with E-state index in [0.717, 1.165) is 22.5 Å². The molecule has 0 aliphatic carbocycles. The molecule has 3 aromatic carbocycles. The van der Waals surface area contributed by atoms with E-state index >= 15 is 0 Å². The molecular formula is C27H22N6O4. The van der Waals surface area contributed by atoms with Gasteiger partial charge in [-0.3, -0.25) is 19.7 Å². The van der Waals surface area contributed by atoms with Crippen LogP contribution in [0, 0.1) is 10.1 Å². The van der Waals surface area contributed by atoms with E-state index in [1.54, 1.807) is 12.5 Å². The summed E-state index contributed by atoms with van der Waals surface area (Å²) >= 11 is 0. The lowest BCUT2D eigenvalue weighted by atomic mass is 9.98. The van der Waals surface area contributed by atoms with Crippen LogP contribution in [0.1, 0.15) is 23.6 Å². The Morgan fingerprint density at radius 3 is 2.46 bits per heavy atom. The minimum atomic E-state index is -0.488. The van der Waals surface area contributed by atoms with Gasteiger partial charge in [0.25, 0.3) is 11.6 Å². The zero-order chi connectivity index (χ0) is 25.9. The predicted octanol–water partition coefficient (Wildman–Crippen LogP) is 4.55. The maximum atomic E-state index is 13.1. The number of aromatic nitrogens is 2. The molecule has 37 heavy (non-hydrogen) atoms. The molecule has 2 amide bonds. The third kappa shape index (κ3) is 4.94. The van der Waals surface area contributed by atoms with E-state index in [4.69, 9.17) is 0 Å². The Morgan fingerprint density at radius 2 is 1.81 bits per heavy atom. The van der Waals surface area contributed by atoms with Crippen molar-refractivity contribution in [2.75, 3.05) is 10.6 Å². The van der Waals surface area contributed by atoms with Crippen molar-refractivity contribution < 1.29 is 14.5 Å². The number of carbonyl (C=O) groups excluding carboxylic acids is 2. The normalized spacial score (nSPS) is 13.5. The van der Waals surface area contributed by atoms with E-state index in [0.29, 0.717) is 34.6 Å². The fraction of sp³-hybridized carbons (Fsp3) is 0.0741. The number of rotatable bonds is 7. The fourth-order valence-electron chi connectivity index (χ4n) is 4.10. The summed E-state index contributed by atoms with van der Waals surface area (Å²) in [6.45, 7) is 1.83. The van der Waals surface area contributed by atoms with Crippen LogP contribution in [0.5, 0.6) is 0 Å². The highest BCUT2D eigenvalue weighted by Crippen LogP contribution is 2.39. The Labute approximate surface area is 211 Å². The summed E-state index contributed by atoms with van der Waals surface area (Å²) in [5.74, 6) is -0.499. The molecule has 1 aliphatic rings. The number of fused-ring (bicyclic) bond motifs is 1. The number of non-ortho nitro benzene ring substituents is 1. The van der Waals surface area contributed by atoms with Crippen molar-refractivity contribution >= 4 is 40.1 Å². The topological polar surface area (TPSA) is 142 Å². The summed E-state index contributed by atoms with van der Waals surface area (Å²) < 4.78 is 0. The lowest BCUT2D eigenvalue weighted by Crippen LogP contribution is -2.18. The van der Waals surface area contributed by atoms with E-state index in [2.05, 4.69) is 25.9 Å². The van der Waals surface area contributed by atoms with E-state index in [1.165, 1.54) is 25.1 Å². The van der Waals surface area contributed by atoms with Crippen LogP contribution in [-0.2, 0) is 16.1 Å². The van der Waals surface area contributed by atoms with Crippen LogP contribution in [0.4, 0.5) is 17.1 Å². The Hall–Kier alpha value is -5.25. The van der Waals surface area contributed by atoms with Crippen LogP contribution in [0.15, 0.2) is 79.3 Å². The average molecular weight is 495 g/mol. The van der Waals surface area contributed by atoms with Gasteiger partial charge < -0.3 is 20.9 Å². The maximum Gasteiger partial charge on any atom is 0.270 e. The van der Waals surface area contributed by atoms with Gasteiger partial charge in [0, 0.05) is 54.3 Å². The molecule has 0 atom stereocenters. The number of hydrogen-bond acceptors (Lipinski definition) is 6. The lowest BCUT2D eigenvalue weighted by Gasteiger charge is -2.16. The van der Waals surface area contributed by atoms with Gasteiger partial charge in [0.1, 0.15) is 0 Å². The smallest absolute Gasteiger partial charge is 0.270 e. The minimum Gasteiger partial charge on any atom is -0.354 e. The predicted molar refractivity (Wildman–Crippen MR) is 140 cm³/mol. The molecule has 0 saturated heterocycles. The SMILES string of the molecule is CC(=O)NCc1ccc(C(Nc2ccc(-c3c[nH]cn3)cc2)=C2C(=O)Nc3ccc([N+](=O)[O-])cc32)cc1. The van der Waals surface area contributed by atoms with Gasteiger partial charge in [-0.2, -0.15) is 0 Å². The van der Waals surface area contributed by atoms with Gasteiger partial charge >= 0.3 is 0 Å². The van der Waals surface area contributed by atoms with Crippen molar-refractivity contribution in [1.29, 1.82) is 0 Å². The molecule has 0 radical (unpaired) electrons. The molecule has 10 heteroatoms. The number of benzene rings is 3. The number of imidazole rings is 1. The maximum absolute atomic E-state index is 13.1. The second kappa shape index (κ2) is 9.78. The monoisotopic (exact) mass is 494 g/mol. The standard InChI is InChI=1S/C27H22N6O4/c1-16(34)29-13-17-2-4-19(5-3-17)26(31-20-8-6-18(7-9-20)24-14-28-15-30-24)25-22-12-21(33(36)37)10-11-23(22)32-27(25)35/h2-12,14-15,31H,13H2,1H3,(H,28,30)(H,29,34)(H,32,35). The van der Waals surface area contributed by atoms with Crippen LogP contribution in [0.3, 0.4) is 0 Å². The van der Waals surface area contributed by atoms with Crippen molar-refractivity contribution in [3.63, 3.8) is 0 Å². The van der Waals surface area contributed by atoms with Crippen molar-refractivity contribution in [1.82, 2.24) is 15.3 Å². The quantitative estimate of drug-likeness (QED) is 0.169. The summed E-state index contributed by atoms with van der Waals surface area (Å²) in [5.41, 5.74) is 5.65. The van der Waals surface area contributed by atoms with Crippen LogP contribution in [-0.4, -0.2) is 26.7 Å². The van der Waals surface area contributed by atoms with Crippen molar-refractivity contribution in [3.8, 4) is 11.3 Å². The molecule has 0 spiro atoms. The molecule has 0 saturated carbocycles. The number of amides is 2. The number of H-pyrrole nitrogens is 1. The lowest BCUT2D eigenvalue weighted by molar-refractivity contribution is -0.384. The van der Waals surface area contributed by atoms with Crippen LogP contribution in [0.25, 0.3) is 22.5 Å². The summed E-state index contributed by atoms with van der Waals surface area (Å²) in [7, 11) is 0. The largest absolute Gasteiger partial charge is 0.354 e. The van der Waals surface area contributed by atoms with E-state index in [9.17, 15) is 19.7 Å². The number of nitro benzene ring substituents is 1. The molecule has 4 aromatic rings. The third-order valence-corrected chi connectivity index (χ3v) is 5.94. The van der Waals surface area contributed by atoms with Crippen molar-refractivity contribution in [3.05, 3.63) is 106 Å². The first kappa shape index (κ1) is 23.5. The molecule has 4 N–H and O–H groups in total. The molecule has 5 rings (SSSR count). The second-order valence-electron chi connectivity index (χ2n) is 8.45. The first-order valence-corrected chi connectivity index (χ1v) is 11.4. The van der Waals surface area contributed by atoms with Gasteiger partial charge in [-0.15, -0.1) is 0 Å². The molecule has 2 heterocycles. The van der Waals surface area contributed by atoms with E-state index < -0.39 is 4.92 Å². The highest BCUT2D eigenvalue weighted by molar-refractivity contribution is 6.37. The third-order valence-electron chi connectivity index (χ3n) is 5.94. The van der Waals surface area contributed by atoms with Gasteiger partial charge in [-0.05, 0) is 29.3 Å². The van der Waals surface area contributed by atoms with Gasteiger partial charge in [0.2, 0.25) is 5.91 Å². The number of nitro groups is 1. The Kier molecular flexibility index (Phi) is 6.21. The summed E-state index contributed by atoms with van der Waals surface area (Å²) in [6.07, 6.45) is 3.40. The molecule has 184 valence electrons. The molecule has 10 nitrogen and oxygen atoms in total. The Morgan fingerprint density at radius 1 is 1.05 bits per heavy atom. The van der Waals surface area contributed by atoms with Crippen LogP contribution < -0.4 is 16.0 Å². The van der Waals surface area contributed by atoms with Crippen molar-refractivity contribution in [2.45, 2.75) is 13.5 Å². The van der Waals surface area contributed by atoms with E-state index in [1.807, 2.05) is 48.5 Å². The summed E-state index contributed by atoms with van der Waals surface area (Å²) in [5, 5.41) is 20.3. The first-order valence-electron chi connectivity index (χ1n) is 11.4. The molecule has 0 bridgehead atoms. The average Bonchev–Trinajstić information content (AvgIpc) is 3.54. The Balaban J connectivity index is 1.58. The Bertz CT molecular complexity index is 1520. The number of aromatic amines is 1. The molecular weight excluding hydrogens is 472 g/mol. The second-order valence-corrected chi connectivity index (χ2v) is 8.45. The highest BCUT2D eigenvalue weighted by atomic mass is 16.6. The van der Waals surface area contributed by atoms with Gasteiger partial charge in [0.05, 0.1) is 28.2 Å². The number of carbonyl (C=O) groups is 2. The van der Waals surface area contributed by atoms with E-state index in [-0.39, 0.29) is 17.5 Å². The molecule has 1 aliphatic heterocycles. The van der Waals surface area contributed by atoms with Crippen LogP contribution >= 0.6 is 0 Å². The zero-order valence-corrected chi connectivity index (χ0v) is 19.7. The van der Waals surface area contributed by atoms with Crippen molar-refractivity contribution in [2.24, 2.45) is 0 Å². The van der Waals surface area contributed by atoms with Gasteiger partial charge in [0.15, 0.2) is 0 Å². The fourth-order valence-corrected chi connectivity index (χ4v) is 4.10. The molecule has 1 aromatic heterocycles. The molecule has 0 unspecified atom stereocenters. The number of nitrogens with one attached hydrogen (secondary N) is 4. The molecule has 0 fully saturated rings. The van der Waals surface area contributed by atoms with Gasteiger partial charge in [-0.25, -0.2) is 4.98 Å². The number of anilines is 2. The first-order chi connectivity index (χ1) is 17.9. The van der Waals surface area contributed by atoms with Crippen LogP contribution in [0.2, 0.25) is 0 Å². The summed E-state index contributed by atoms with van der Waals surface area (Å²) in [4.78, 5) is 42.5. The summed E-state index contributed by atoms with van der Waals surface area (Å²) in [6, 6.07) is 19.2. The number of hydrogen-bond donors (Lipinski definition) is 4. The van der Waals surface area contributed by atoms with Gasteiger partial charge in [-0.1, -0.05) is 36.4 Å². The number of nitrogens with zero attached hydrogens (tertiary/aromatic N) is 2. The zero-order valence-electron chi connectivity index (χ0n) is 19.7. The minimum absolute atomic E-state index is 0.110. The highest BCUT2D eigenvalue weighted by Gasteiger charge is 2.30.